The van der Waals surface area contributed by atoms with Crippen LogP contribution < -0.4 is 0 Å². The van der Waals surface area contributed by atoms with E-state index in [1.54, 1.807) is 11.8 Å². The molecule has 7 heteroatoms. The topological polar surface area (TPSA) is 31.2 Å². The molecule has 0 bridgehead atoms. The van der Waals surface area contributed by atoms with Crippen LogP contribution in [0.2, 0.25) is 0 Å². The van der Waals surface area contributed by atoms with E-state index in [1.807, 2.05) is 18.2 Å². The van der Waals surface area contributed by atoms with E-state index in [9.17, 15) is 0 Å². The van der Waals surface area contributed by atoms with Gasteiger partial charge in [0.25, 0.3) is 0 Å². The lowest BCUT2D eigenvalue weighted by Crippen LogP contribution is -2.46. The van der Waals surface area contributed by atoms with Gasteiger partial charge in [-0.2, -0.15) is 5.10 Å². The highest BCUT2D eigenvalue weighted by Gasteiger charge is 2.21. The Bertz CT molecular complexity index is 499. The van der Waals surface area contributed by atoms with Crippen molar-refractivity contribution in [3.63, 3.8) is 0 Å². The van der Waals surface area contributed by atoms with Crippen LogP contribution in [0.4, 0.5) is 0 Å². The molecule has 0 saturated carbocycles. The third-order valence-corrected chi connectivity index (χ3v) is 4.49. The van der Waals surface area contributed by atoms with Crippen molar-refractivity contribution in [2.24, 2.45) is 10.2 Å². The molecule has 21 heavy (non-hydrogen) atoms. The second-order valence-electron chi connectivity index (χ2n) is 4.87. The Kier molecular flexibility index (Phi) is 7.94. The lowest BCUT2D eigenvalue weighted by Gasteiger charge is -2.34. The van der Waals surface area contributed by atoms with E-state index in [0.717, 1.165) is 42.8 Å². The molecule has 0 amide bonds. The summed E-state index contributed by atoms with van der Waals surface area (Å²) in [5.41, 5.74) is 2.25. The number of piperazine rings is 1. The van der Waals surface area contributed by atoms with Crippen LogP contribution in [0, 0.1) is 0 Å². The Hall–Kier alpha value is -0.370. The number of amidine groups is 1. The predicted octanol–water partition coefficient (Wildman–Crippen LogP) is 2.90. The molecule has 0 aliphatic carbocycles. The maximum Gasteiger partial charge on any atom is 0.186 e. The van der Waals surface area contributed by atoms with E-state index < -0.39 is 0 Å². The SMILES string of the molecule is Br.Br.CN1CCN(C2=NN=C(c3ccccc3)CS2)CC1. The standard InChI is InChI=1S/C14H18N4S.2BrH/c1-17-7-9-18(10-8-17)14-16-15-13(11-19-14)12-5-3-2-4-6-12;;/h2-6H,7-11H2,1H3;2*1H. The van der Waals surface area contributed by atoms with Crippen molar-refractivity contribution in [3.8, 4) is 0 Å². The van der Waals surface area contributed by atoms with Crippen molar-refractivity contribution in [2.75, 3.05) is 39.0 Å². The van der Waals surface area contributed by atoms with Crippen LogP contribution in [-0.4, -0.2) is 59.7 Å². The highest BCUT2D eigenvalue weighted by atomic mass is 79.9. The summed E-state index contributed by atoms with van der Waals surface area (Å²) < 4.78 is 0. The summed E-state index contributed by atoms with van der Waals surface area (Å²) in [5, 5.41) is 9.89. The summed E-state index contributed by atoms with van der Waals surface area (Å²) >= 11 is 1.80. The van der Waals surface area contributed by atoms with Gasteiger partial charge in [0, 0.05) is 31.9 Å². The van der Waals surface area contributed by atoms with Crippen molar-refractivity contribution in [1.82, 2.24) is 9.80 Å². The zero-order chi connectivity index (χ0) is 13.1. The number of halogens is 2. The third-order valence-electron chi connectivity index (χ3n) is 3.48. The number of likely N-dealkylation sites (N-methyl/N-ethyl adjacent to an activating group) is 1. The molecule has 0 aromatic heterocycles. The summed E-state index contributed by atoms with van der Waals surface area (Å²) in [7, 11) is 2.17. The Morgan fingerprint density at radius 1 is 0.952 bits per heavy atom. The van der Waals surface area contributed by atoms with Crippen LogP contribution in [0.3, 0.4) is 0 Å². The van der Waals surface area contributed by atoms with Crippen LogP contribution in [0.5, 0.6) is 0 Å². The molecule has 1 aromatic carbocycles. The fraction of sp³-hybridized carbons (Fsp3) is 0.429. The predicted molar refractivity (Wildman–Crippen MR) is 103 cm³/mol. The summed E-state index contributed by atoms with van der Waals surface area (Å²) in [6.45, 7) is 4.32. The molecular weight excluding hydrogens is 416 g/mol. The van der Waals surface area contributed by atoms with Crippen LogP contribution >= 0.6 is 45.7 Å². The number of hydrogen-bond acceptors (Lipinski definition) is 5. The fourth-order valence-electron chi connectivity index (χ4n) is 2.22. The Balaban J connectivity index is 0.00000110. The molecule has 0 unspecified atom stereocenters. The molecule has 1 fully saturated rings. The Morgan fingerprint density at radius 3 is 2.19 bits per heavy atom. The van der Waals surface area contributed by atoms with Crippen molar-refractivity contribution in [3.05, 3.63) is 35.9 Å². The van der Waals surface area contributed by atoms with Crippen LogP contribution in [0.15, 0.2) is 40.5 Å². The van der Waals surface area contributed by atoms with Gasteiger partial charge < -0.3 is 9.80 Å². The van der Waals surface area contributed by atoms with Gasteiger partial charge in [0.15, 0.2) is 5.17 Å². The largest absolute Gasteiger partial charge is 0.347 e. The fourth-order valence-corrected chi connectivity index (χ4v) is 3.17. The maximum absolute atomic E-state index is 4.41. The molecular formula is C14H20Br2N4S. The average molecular weight is 436 g/mol. The second-order valence-corrected chi connectivity index (χ2v) is 5.82. The molecule has 2 aliphatic heterocycles. The van der Waals surface area contributed by atoms with E-state index in [1.165, 1.54) is 5.56 Å². The lowest BCUT2D eigenvalue weighted by molar-refractivity contribution is 0.218. The van der Waals surface area contributed by atoms with E-state index in [2.05, 4.69) is 39.2 Å². The third kappa shape index (κ3) is 4.81. The van der Waals surface area contributed by atoms with Gasteiger partial charge in [-0.05, 0) is 12.6 Å². The zero-order valence-corrected chi connectivity index (χ0v) is 16.2. The first-order valence-electron chi connectivity index (χ1n) is 6.59. The Labute approximate surface area is 151 Å². The van der Waals surface area contributed by atoms with E-state index in [4.69, 9.17) is 0 Å². The summed E-state index contributed by atoms with van der Waals surface area (Å²) in [6, 6.07) is 10.3. The van der Waals surface area contributed by atoms with Gasteiger partial charge in [0.05, 0.1) is 5.71 Å². The van der Waals surface area contributed by atoms with Crippen LogP contribution in [0.1, 0.15) is 5.56 Å². The molecule has 1 aromatic rings. The minimum Gasteiger partial charge on any atom is -0.347 e. The molecule has 2 heterocycles. The summed E-state index contributed by atoms with van der Waals surface area (Å²) in [5.74, 6) is 0.912. The molecule has 0 radical (unpaired) electrons. The van der Waals surface area contributed by atoms with Gasteiger partial charge in [-0.1, -0.05) is 42.1 Å². The van der Waals surface area contributed by atoms with Crippen LogP contribution in [0.25, 0.3) is 0 Å². The van der Waals surface area contributed by atoms with Gasteiger partial charge >= 0.3 is 0 Å². The zero-order valence-electron chi connectivity index (χ0n) is 11.9. The average Bonchev–Trinajstić information content (AvgIpc) is 2.49. The molecule has 1 saturated heterocycles. The molecule has 116 valence electrons. The molecule has 0 spiro atoms. The van der Waals surface area contributed by atoms with E-state index >= 15 is 0 Å². The first-order valence-corrected chi connectivity index (χ1v) is 7.58. The van der Waals surface area contributed by atoms with Gasteiger partial charge in [-0.25, -0.2) is 0 Å². The molecule has 0 atom stereocenters. The molecule has 3 rings (SSSR count). The van der Waals surface area contributed by atoms with Crippen molar-refractivity contribution in [2.45, 2.75) is 0 Å². The molecule has 4 nitrogen and oxygen atoms in total. The van der Waals surface area contributed by atoms with Crippen molar-refractivity contribution < 1.29 is 0 Å². The monoisotopic (exact) mass is 434 g/mol. The smallest absolute Gasteiger partial charge is 0.186 e. The number of hydrogen-bond donors (Lipinski definition) is 0. The summed E-state index contributed by atoms with van der Waals surface area (Å²) in [4.78, 5) is 4.69. The highest BCUT2D eigenvalue weighted by molar-refractivity contribution is 8.93. The van der Waals surface area contributed by atoms with Crippen molar-refractivity contribution >= 4 is 56.6 Å². The normalized spacial score (nSPS) is 19.0. The quantitative estimate of drug-likeness (QED) is 0.679. The number of rotatable bonds is 1. The van der Waals surface area contributed by atoms with Gasteiger partial charge in [-0.3, -0.25) is 0 Å². The van der Waals surface area contributed by atoms with Crippen molar-refractivity contribution in [1.29, 1.82) is 0 Å². The minimum absolute atomic E-state index is 0. The minimum atomic E-state index is 0. The molecule has 0 N–H and O–H groups in total. The Morgan fingerprint density at radius 2 is 1.62 bits per heavy atom. The number of nitrogens with zero attached hydrogens (tertiary/aromatic N) is 4. The first-order chi connectivity index (χ1) is 9.33. The lowest BCUT2D eigenvalue weighted by atomic mass is 10.1. The number of benzene rings is 1. The van der Waals surface area contributed by atoms with Crippen LogP contribution in [-0.2, 0) is 0 Å². The number of thioether (sulfide) groups is 1. The second kappa shape index (κ2) is 8.92. The maximum atomic E-state index is 4.41. The highest BCUT2D eigenvalue weighted by Crippen LogP contribution is 2.19. The van der Waals surface area contributed by atoms with E-state index in [0.29, 0.717) is 0 Å². The molecule has 2 aliphatic rings. The summed E-state index contributed by atoms with van der Waals surface area (Å²) in [6.07, 6.45) is 0. The van der Waals surface area contributed by atoms with Gasteiger partial charge in [0.2, 0.25) is 0 Å². The first kappa shape index (κ1) is 18.7. The van der Waals surface area contributed by atoms with Gasteiger partial charge in [0.1, 0.15) is 0 Å². The van der Waals surface area contributed by atoms with E-state index in [-0.39, 0.29) is 34.0 Å². The van der Waals surface area contributed by atoms with Gasteiger partial charge in [-0.15, -0.1) is 39.1 Å².